The predicted octanol–water partition coefficient (Wildman–Crippen LogP) is 2.57. The maximum atomic E-state index is 5.83. The lowest BCUT2D eigenvalue weighted by molar-refractivity contribution is 0.215. The van der Waals surface area contributed by atoms with Crippen molar-refractivity contribution in [3.05, 3.63) is 23.7 Å². The molecule has 1 unspecified atom stereocenters. The summed E-state index contributed by atoms with van der Waals surface area (Å²) < 4.78 is 5.77. The monoisotopic (exact) mass is 224 g/mol. The maximum absolute atomic E-state index is 5.83. The number of likely N-dealkylation sites (N-methyl/N-ethyl adjacent to an activating group) is 1. The Morgan fingerprint density at radius 1 is 1.38 bits per heavy atom. The van der Waals surface area contributed by atoms with Gasteiger partial charge in [-0.25, -0.2) is 0 Å². The quantitative estimate of drug-likeness (QED) is 0.774. The van der Waals surface area contributed by atoms with E-state index in [1.54, 1.807) is 0 Å². The number of nitrogens with zero attached hydrogens (tertiary/aromatic N) is 1. The fraction of sp³-hybridized carbons (Fsp3) is 0.692. The molecule has 0 spiro atoms. The Hall–Kier alpha value is -0.800. The third kappa shape index (κ3) is 3.35. The van der Waals surface area contributed by atoms with Crippen molar-refractivity contribution in [1.29, 1.82) is 0 Å². The molecule has 0 amide bonds. The van der Waals surface area contributed by atoms with Gasteiger partial charge in [-0.2, -0.15) is 0 Å². The normalized spacial score (nSPS) is 13.3. The van der Waals surface area contributed by atoms with Crippen molar-refractivity contribution in [3.63, 3.8) is 0 Å². The average Bonchev–Trinajstić information content (AvgIpc) is 2.76. The Labute approximate surface area is 98.6 Å². The van der Waals surface area contributed by atoms with Crippen LogP contribution in [-0.2, 0) is 6.42 Å². The fourth-order valence-electron chi connectivity index (χ4n) is 1.84. The van der Waals surface area contributed by atoms with E-state index in [9.17, 15) is 0 Å². The molecular formula is C13H24N2O. The zero-order valence-corrected chi connectivity index (χ0v) is 10.7. The lowest BCUT2D eigenvalue weighted by Crippen LogP contribution is -2.31. The maximum Gasteiger partial charge on any atom is 0.122 e. The van der Waals surface area contributed by atoms with Gasteiger partial charge in [-0.15, -0.1) is 0 Å². The van der Waals surface area contributed by atoms with E-state index in [-0.39, 0.29) is 6.04 Å². The molecule has 1 aromatic rings. The number of hydrogen-bond donors (Lipinski definition) is 1. The van der Waals surface area contributed by atoms with Gasteiger partial charge in [0.05, 0.1) is 6.04 Å². The van der Waals surface area contributed by atoms with E-state index >= 15 is 0 Å². The highest BCUT2D eigenvalue weighted by atomic mass is 16.3. The zero-order chi connectivity index (χ0) is 12.0. The lowest BCUT2D eigenvalue weighted by atomic mass is 10.2. The SMILES string of the molecule is CCCCN(C)C(CN)c1ccc(CC)o1. The van der Waals surface area contributed by atoms with Crippen molar-refractivity contribution in [2.75, 3.05) is 20.1 Å². The molecular weight excluding hydrogens is 200 g/mol. The second-order valence-corrected chi connectivity index (χ2v) is 4.24. The molecule has 0 bridgehead atoms. The molecule has 0 aliphatic rings. The highest BCUT2D eigenvalue weighted by Gasteiger charge is 2.18. The summed E-state index contributed by atoms with van der Waals surface area (Å²) in [6.07, 6.45) is 3.35. The van der Waals surface area contributed by atoms with Crippen molar-refractivity contribution >= 4 is 0 Å². The number of aryl methyl sites for hydroxylation is 1. The molecule has 2 N–H and O–H groups in total. The van der Waals surface area contributed by atoms with Crippen LogP contribution in [-0.4, -0.2) is 25.0 Å². The number of nitrogens with two attached hydrogens (primary N) is 1. The van der Waals surface area contributed by atoms with Crippen LogP contribution in [0.2, 0.25) is 0 Å². The summed E-state index contributed by atoms with van der Waals surface area (Å²) in [4.78, 5) is 2.28. The molecule has 1 rings (SSSR count). The Bertz CT molecular complexity index is 296. The van der Waals surface area contributed by atoms with E-state index in [2.05, 4.69) is 31.9 Å². The second-order valence-electron chi connectivity index (χ2n) is 4.24. The van der Waals surface area contributed by atoms with Crippen LogP contribution in [0.5, 0.6) is 0 Å². The van der Waals surface area contributed by atoms with Crippen molar-refractivity contribution < 1.29 is 4.42 Å². The molecule has 0 radical (unpaired) electrons. The van der Waals surface area contributed by atoms with E-state index < -0.39 is 0 Å². The van der Waals surface area contributed by atoms with Crippen LogP contribution >= 0.6 is 0 Å². The summed E-state index contributed by atoms with van der Waals surface area (Å²) in [5.41, 5.74) is 5.83. The van der Waals surface area contributed by atoms with Crippen molar-refractivity contribution in [3.8, 4) is 0 Å². The summed E-state index contributed by atoms with van der Waals surface area (Å²) in [7, 11) is 2.11. The molecule has 92 valence electrons. The molecule has 1 atom stereocenters. The number of rotatable bonds is 7. The molecule has 16 heavy (non-hydrogen) atoms. The van der Waals surface area contributed by atoms with Crippen molar-refractivity contribution in [2.24, 2.45) is 5.73 Å². The number of unbranched alkanes of at least 4 members (excludes halogenated alkanes) is 1. The first-order valence-electron chi connectivity index (χ1n) is 6.21. The summed E-state index contributed by atoms with van der Waals surface area (Å²) in [5.74, 6) is 2.04. The molecule has 3 nitrogen and oxygen atoms in total. The second kappa shape index (κ2) is 6.71. The van der Waals surface area contributed by atoms with Crippen LogP contribution in [0.3, 0.4) is 0 Å². The fourth-order valence-corrected chi connectivity index (χ4v) is 1.84. The van der Waals surface area contributed by atoms with Gasteiger partial charge in [0.15, 0.2) is 0 Å². The Morgan fingerprint density at radius 3 is 2.62 bits per heavy atom. The molecule has 0 aliphatic heterocycles. The predicted molar refractivity (Wildman–Crippen MR) is 67.4 cm³/mol. The van der Waals surface area contributed by atoms with Gasteiger partial charge >= 0.3 is 0 Å². The van der Waals surface area contributed by atoms with Gasteiger partial charge in [0, 0.05) is 13.0 Å². The van der Waals surface area contributed by atoms with Crippen LogP contribution in [0.1, 0.15) is 44.3 Å². The van der Waals surface area contributed by atoms with Gasteiger partial charge < -0.3 is 10.2 Å². The van der Waals surface area contributed by atoms with Gasteiger partial charge in [-0.3, -0.25) is 4.90 Å². The summed E-state index contributed by atoms with van der Waals surface area (Å²) in [6.45, 7) is 5.98. The number of hydrogen-bond acceptors (Lipinski definition) is 3. The Balaban J connectivity index is 2.65. The van der Waals surface area contributed by atoms with Crippen LogP contribution in [0, 0.1) is 0 Å². The van der Waals surface area contributed by atoms with Gasteiger partial charge in [0.1, 0.15) is 11.5 Å². The molecule has 3 heteroatoms. The van der Waals surface area contributed by atoms with Gasteiger partial charge in [-0.1, -0.05) is 20.3 Å². The molecule has 0 fully saturated rings. The largest absolute Gasteiger partial charge is 0.464 e. The van der Waals surface area contributed by atoms with Crippen LogP contribution in [0.15, 0.2) is 16.5 Å². The molecule has 0 saturated carbocycles. The van der Waals surface area contributed by atoms with Crippen LogP contribution < -0.4 is 5.73 Å². The smallest absolute Gasteiger partial charge is 0.122 e. The topological polar surface area (TPSA) is 42.4 Å². The van der Waals surface area contributed by atoms with Gasteiger partial charge in [-0.05, 0) is 32.1 Å². The van der Waals surface area contributed by atoms with E-state index in [1.165, 1.54) is 12.8 Å². The van der Waals surface area contributed by atoms with Crippen LogP contribution in [0.4, 0.5) is 0 Å². The highest BCUT2D eigenvalue weighted by molar-refractivity contribution is 5.11. The van der Waals surface area contributed by atoms with Crippen molar-refractivity contribution in [2.45, 2.75) is 39.2 Å². The van der Waals surface area contributed by atoms with E-state index in [1.807, 2.05) is 6.07 Å². The third-order valence-electron chi connectivity index (χ3n) is 2.98. The first-order valence-corrected chi connectivity index (χ1v) is 6.21. The minimum Gasteiger partial charge on any atom is -0.464 e. The average molecular weight is 224 g/mol. The first-order chi connectivity index (χ1) is 7.72. The molecule has 0 aromatic carbocycles. The van der Waals surface area contributed by atoms with Gasteiger partial charge in [0.25, 0.3) is 0 Å². The summed E-state index contributed by atoms with van der Waals surface area (Å²) >= 11 is 0. The Kier molecular flexibility index (Phi) is 5.56. The van der Waals surface area contributed by atoms with Gasteiger partial charge in [0.2, 0.25) is 0 Å². The first kappa shape index (κ1) is 13.3. The summed E-state index contributed by atoms with van der Waals surface area (Å²) in [6, 6.07) is 4.32. The standard InChI is InChI=1S/C13H24N2O/c1-4-6-9-15(3)12(10-14)13-8-7-11(5-2)16-13/h7-8,12H,4-6,9-10,14H2,1-3H3. The van der Waals surface area contributed by atoms with Crippen LogP contribution in [0.25, 0.3) is 0 Å². The highest BCUT2D eigenvalue weighted by Crippen LogP contribution is 2.21. The molecule has 0 aliphatic carbocycles. The number of furan rings is 1. The molecule has 0 saturated heterocycles. The van der Waals surface area contributed by atoms with E-state index in [0.29, 0.717) is 6.54 Å². The minimum absolute atomic E-state index is 0.215. The van der Waals surface area contributed by atoms with E-state index in [0.717, 1.165) is 24.5 Å². The minimum atomic E-state index is 0.215. The molecule has 1 aromatic heterocycles. The van der Waals surface area contributed by atoms with Crippen molar-refractivity contribution in [1.82, 2.24) is 4.90 Å². The zero-order valence-electron chi connectivity index (χ0n) is 10.7. The Morgan fingerprint density at radius 2 is 2.12 bits per heavy atom. The molecule has 1 heterocycles. The third-order valence-corrected chi connectivity index (χ3v) is 2.98. The summed E-state index contributed by atoms with van der Waals surface area (Å²) in [5, 5.41) is 0. The lowest BCUT2D eigenvalue weighted by Gasteiger charge is -2.25. The van der Waals surface area contributed by atoms with E-state index in [4.69, 9.17) is 10.2 Å².